The van der Waals surface area contributed by atoms with E-state index in [1.165, 1.54) is 24.3 Å². The highest BCUT2D eigenvalue weighted by atomic mass is 16.6. The molecular formula is C10H8N2O5. The second-order valence-corrected chi connectivity index (χ2v) is 3.43. The Morgan fingerprint density at radius 3 is 2.71 bits per heavy atom. The maximum atomic E-state index is 11.5. The van der Waals surface area contributed by atoms with E-state index in [1.54, 1.807) is 0 Å². The number of nitrogens with zero attached hydrogens (tertiary/aromatic N) is 1. The Kier molecular flexibility index (Phi) is 2.43. The van der Waals surface area contributed by atoms with Gasteiger partial charge in [-0.3, -0.25) is 14.9 Å². The molecule has 1 aliphatic rings. The van der Waals surface area contributed by atoms with E-state index < -0.39 is 22.6 Å². The Bertz CT molecular complexity index is 537. The first-order valence-electron chi connectivity index (χ1n) is 4.64. The maximum absolute atomic E-state index is 11.5. The van der Waals surface area contributed by atoms with Gasteiger partial charge in [0.05, 0.1) is 4.92 Å². The third kappa shape index (κ3) is 1.78. The van der Waals surface area contributed by atoms with E-state index in [4.69, 9.17) is 10.5 Å². The summed E-state index contributed by atoms with van der Waals surface area (Å²) in [4.78, 5) is 21.5. The predicted octanol–water partition coefficient (Wildman–Crippen LogP) is 0.921. The number of hydrogen-bond donors (Lipinski definition) is 2. The van der Waals surface area contributed by atoms with Gasteiger partial charge in [-0.15, -0.1) is 0 Å². The predicted molar refractivity (Wildman–Crippen MR) is 55.8 cm³/mol. The third-order valence-corrected chi connectivity index (χ3v) is 2.33. The van der Waals surface area contributed by atoms with Crippen LogP contribution < -0.4 is 5.73 Å². The summed E-state index contributed by atoms with van der Waals surface area (Å²) in [7, 11) is 0. The van der Waals surface area contributed by atoms with Gasteiger partial charge >= 0.3 is 0 Å². The number of Topliss-reactive ketones (excluding diaryl/α,β-unsaturated/α-hetero) is 1. The summed E-state index contributed by atoms with van der Waals surface area (Å²) in [6.45, 7) is 0. The van der Waals surface area contributed by atoms with E-state index in [1.807, 2.05) is 0 Å². The normalized spacial score (nSPS) is 19.3. The molecular weight excluding hydrogens is 228 g/mol. The van der Waals surface area contributed by atoms with Crippen LogP contribution in [-0.4, -0.2) is 15.8 Å². The fourth-order valence-electron chi connectivity index (χ4n) is 1.50. The van der Waals surface area contributed by atoms with Crippen LogP contribution in [0.3, 0.4) is 0 Å². The minimum absolute atomic E-state index is 0.163. The topological polar surface area (TPSA) is 116 Å². The van der Waals surface area contributed by atoms with Gasteiger partial charge in [-0.25, -0.2) is 0 Å². The number of hydrogen-bond acceptors (Lipinski definition) is 6. The maximum Gasteiger partial charge on any atom is 0.269 e. The van der Waals surface area contributed by atoms with Gasteiger partial charge in [0.15, 0.2) is 6.10 Å². The molecule has 1 aliphatic heterocycles. The molecule has 1 heterocycles. The number of carbonyl (C=O) groups is 1. The van der Waals surface area contributed by atoms with E-state index in [-0.39, 0.29) is 17.1 Å². The van der Waals surface area contributed by atoms with Gasteiger partial charge in [-0.05, 0) is 0 Å². The fourth-order valence-corrected chi connectivity index (χ4v) is 1.50. The van der Waals surface area contributed by atoms with Gasteiger partial charge in [0, 0.05) is 17.7 Å². The lowest BCUT2D eigenvalue weighted by atomic mass is 10.1. The number of ketones is 1. The first-order chi connectivity index (χ1) is 8.00. The molecule has 7 nitrogen and oxygen atoms in total. The Balaban J connectivity index is 2.34. The highest BCUT2D eigenvalue weighted by molar-refractivity contribution is 5.99. The van der Waals surface area contributed by atoms with E-state index in [0.717, 1.165) is 0 Å². The summed E-state index contributed by atoms with van der Waals surface area (Å²) < 4.78 is 4.94. The first kappa shape index (κ1) is 10.9. The van der Waals surface area contributed by atoms with Crippen LogP contribution in [-0.2, 0) is 9.53 Å². The fraction of sp³-hybridized carbons (Fsp3) is 0.100. The van der Waals surface area contributed by atoms with Crippen molar-refractivity contribution in [2.75, 3.05) is 0 Å². The Labute approximate surface area is 95.3 Å². The second-order valence-electron chi connectivity index (χ2n) is 3.43. The van der Waals surface area contributed by atoms with Crippen molar-refractivity contribution in [3.05, 3.63) is 51.6 Å². The van der Waals surface area contributed by atoms with Crippen molar-refractivity contribution in [3.63, 3.8) is 0 Å². The van der Waals surface area contributed by atoms with Crippen LogP contribution in [0.15, 0.2) is 35.9 Å². The average molecular weight is 236 g/mol. The van der Waals surface area contributed by atoms with Crippen molar-refractivity contribution >= 4 is 11.5 Å². The van der Waals surface area contributed by atoms with Crippen LogP contribution in [0.2, 0.25) is 0 Å². The number of nitro groups is 1. The first-order valence-corrected chi connectivity index (χ1v) is 4.64. The van der Waals surface area contributed by atoms with Crippen LogP contribution in [0.5, 0.6) is 0 Å². The van der Waals surface area contributed by atoms with Crippen molar-refractivity contribution in [2.24, 2.45) is 5.73 Å². The zero-order valence-corrected chi connectivity index (χ0v) is 8.49. The van der Waals surface area contributed by atoms with Crippen molar-refractivity contribution in [1.82, 2.24) is 0 Å². The number of non-ortho nitro benzene ring substituents is 1. The number of nitro benzene ring substituents is 1. The van der Waals surface area contributed by atoms with Crippen LogP contribution in [0, 0.1) is 10.1 Å². The molecule has 0 bridgehead atoms. The van der Waals surface area contributed by atoms with E-state index >= 15 is 0 Å². The summed E-state index contributed by atoms with van der Waals surface area (Å²) in [6.07, 6.45) is -1.12. The molecule has 1 unspecified atom stereocenters. The molecule has 2 rings (SSSR count). The number of rotatable bonds is 2. The summed E-state index contributed by atoms with van der Waals surface area (Å²) in [5.41, 5.74) is 5.36. The molecule has 0 fully saturated rings. The van der Waals surface area contributed by atoms with E-state index in [9.17, 15) is 20.0 Å². The molecule has 0 spiro atoms. The molecule has 0 aliphatic carbocycles. The van der Waals surface area contributed by atoms with Crippen molar-refractivity contribution in [1.29, 1.82) is 0 Å². The highest BCUT2D eigenvalue weighted by Crippen LogP contribution is 2.31. The third-order valence-electron chi connectivity index (χ3n) is 2.33. The van der Waals surface area contributed by atoms with Crippen LogP contribution in [0.1, 0.15) is 11.7 Å². The molecule has 0 saturated carbocycles. The van der Waals surface area contributed by atoms with Crippen molar-refractivity contribution in [2.45, 2.75) is 6.10 Å². The lowest BCUT2D eigenvalue weighted by Crippen LogP contribution is -2.10. The number of aliphatic hydroxyl groups excluding tert-OH is 1. The lowest BCUT2D eigenvalue weighted by Gasteiger charge is -2.09. The second kappa shape index (κ2) is 3.78. The zero-order chi connectivity index (χ0) is 12.6. The molecule has 0 radical (unpaired) electrons. The minimum Gasteiger partial charge on any atom is -0.501 e. The van der Waals surface area contributed by atoms with Crippen LogP contribution in [0.4, 0.5) is 5.69 Å². The molecule has 0 aromatic heterocycles. The number of carbonyl (C=O) groups excluding carboxylic acids is 1. The largest absolute Gasteiger partial charge is 0.501 e. The lowest BCUT2D eigenvalue weighted by molar-refractivity contribution is -0.385. The molecule has 3 N–H and O–H groups in total. The van der Waals surface area contributed by atoms with Gasteiger partial charge < -0.3 is 15.6 Å². The van der Waals surface area contributed by atoms with Crippen molar-refractivity contribution in [3.8, 4) is 0 Å². The van der Waals surface area contributed by atoms with E-state index in [0.29, 0.717) is 0 Å². The van der Waals surface area contributed by atoms with E-state index in [2.05, 4.69) is 0 Å². The van der Waals surface area contributed by atoms with Gasteiger partial charge in [0.1, 0.15) is 0 Å². The Morgan fingerprint density at radius 2 is 2.18 bits per heavy atom. The molecule has 17 heavy (non-hydrogen) atoms. The zero-order valence-electron chi connectivity index (χ0n) is 8.49. The minimum atomic E-state index is -1.12. The average Bonchev–Trinajstić information content (AvgIpc) is 2.57. The number of aliphatic hydroxyl groups is 1. The standard InChI is InChI=1S/C10H8N2O5/c11-10-8(14)7(13)9(17-10)5-2-1-3-6(4-5)12(15)16/h1-4,9,14H,11H2. The number of nitrogens with two attached hydrogens (primary N) is 1. The summed E-state index contributed by atoms with van der Waals surface area (Å²) in [5.74, 6) is -1.73. The van der Waals surface area contributed by atoms with Gasteiger partial charge in [-0.1, -0.05) is 12.1 Å². The molecule has 0 amide bonds. The van der Waals surface area contributed by atoms with Crippen LogP contribution in [0.25, 0.3) is 0 Å². The number of benzene rings is 1. The summed E-state index contributed by atoms with van der Waals surface area (Å²) in [6, 6.07) is 5.41. The summed E-state index contributed by atoms with van der Waals surface area (Å²) in [5, 5.41) is 19.8. The Hall–Kier alpha value is -2.57. The summed E-state index contributed by atoms with van der Waals surface area (Å²) >= 11 is 0. The Morgan fingerprint density at radius 1 is 1.47 bits per heavy atom. The number of ether oxygens (including phenoxy) is 1. The molecule has 1 atom stereocenters. The SMILES string of the molecule is NC1=C(O)C(=O)C(c2cccc([N+](=O)[O-])c2)O1. The highest BCUT2D eigenvalue weighted by Gasteiger charge is 2.35. The van der Waals surface area contributed by atoms with Gasteiger partial charge in [-0.2, -0.15) is 0 Å². The van der Waals surface area contributed by atoms with Gasteiger partial charge in [0.25, 0.3) is 5.69 Å². The molecule has 0 saturated heterocycles. The van der Waals surface area contributed by atoms with Crippen LogP contribution >= 0.6 is 0 Å². The monoisotopic (exact) mass is 236 g/mol. The van der Waals surface area contributed by atoms with Gasteiger partial charge in [0.2, 0.25) is 17.4 Å². The molecule has 88 valence electrons. The molecule has 7 heteroatoms. The quantitative estimate of drug-likeness (QED) is 0.582. The molecule has 1 aromatic rings. The molecule has 1 aromatic carbocycles. The smallest absolute Gasteiger partial charge is 0.269 e. The van der Waals surface area contributed by atoms with Crippen molar-refractivity contribution < 1.29 is 19.6 Å².